The van der Waals surface area contributed by atoms with Crippen LogP contribution in [0.5, 0.6) is 0 Å². The minimum absolute atomic E-state index is 0.148. The summed E-state index contributed by atoms with van der Waals surface area (Å²) in [6, 6.07) is 8.66. The second-order valence-electron chi connectivity index (χ2n) is 6.21. The molecule has 2 rings (SSSR count). The van der Waals surface area contributed by atoms with Gasteiger partial charge in [0.1, 0.15) is 6.04 Å². The largest absolute Gasteiger partial charge is 0.480 e. The highest BCUT2D eigenvalue weighted by molar-refractivity contribution is 5.83. The fourth-order valence-electron chi connectivity index (χ4n) is 2.63. The van der Waals surface area contributed by atoms with Crippen molar-refractivity contribution >= 4 is 17.8 Å². The highest BCUT2D eigenvalue weighted by Crippen LogP contribution is 2.11. The number of rotatable bonds is 9. The summed E-state index contributed by atoms with van der Waals surface area (Å²) in [5.74, 6) is -1.58. The van der Waals surface area contributed by atoms with E-state index in [0.717, 1.165) is 11.3 Å². The quantitative estimate of drug-likeness (QED) is 0.689. The van der Waals surface area contributed by atoms with Gasteiger partial charge >= 0.3 is 5.97 Å². The molecule has 1 heterocycles. The van der Waals surface area contributed by atoms with E-state index in [1.807, 2.05) is 36.5 Å². The summed E-state index contributed by atoms with van der Waals surface area (Å²) in [7, 11) is 0. The Bertz CT molecular complexity index is 788. The van der Waals surface area contributed by atoms with E-state index in [0.29, 0.717) is 6.42 Å². The van der Waals surface area contributed by atoms with Gasteiger partial charge in [0.2, 0.25) is 11.8 Å². The number of carbonyl (C=O) groups is 3. The zero-order valence-electron chi connectivity index (χ0n) is 15.5. The lowest BCUT2D eigenvalue weighted by atomic mass is 10.1. The Kier molecular flexibility index (Phi) is 7.10. The Balaban J connectivity index is 1.97. The molecule has 1 unspecified atom stereocenters. The number of carboxylic acid groups (broad SMARTS) is 1. The molecule has 8 heteroatoms. The van der Waals surface area contributed by atoms with Crippen LogP contribution in [0.2, 0.25) is 0 Å². The van der Waals surface area contributed by atoms with E-state index in [2.05, 4.69) is 10.4 Å². The molecule has 1 aromatic heterocycles. The Morgan fingerprint density at radius 1 is 1.26 bits per heavy atom. The number of aryl methyl sites for hydroxylation is 1. The molecule has 0 aliphatic carbocycles. The highest BCUT2D eigenvalue weighted by atomic mass is 16.4. The van der Waals surface area contributed by atoms with Crippen LogP contribution < -0.4 is 5.32 Å². The number of hydrogen-bond donors (Lipinski definition) is 2. The van der Waals surface area contributed by atoms with Gasteiger partial charge in [-0.2, -0.15) is 5.10 Å². The Morgan fingerprint density at radius 3 is 2.59 bits per heavy atom. The molecule has 0 aliphatic rings. The first kappa shape index (κ1) is 20.2. The Labute approximate surface area is 157 Å². The van der Waals surface area contributed by atoms with Gasteiger partial charge in [0.25, 0.3) is 0 Å². The summed E-state index contributed by atoms with van der Waals surface area (Å²) < 4.78 is 1.73. The van der Waals surface area contributed by atoms with Crippen LogP contribution in [0, 0.1) is 0 Å². The second kappa shape index (κ2) is 9.51. The third-order valence-corrected chi connectivity index (χ3v) is 4.16. The van der Waals surface area contributed by atoms with E-state index < -0.39 is 12.0 Å². The summed E-state index contributed by atoms with van der Waals surface area (Å²) in [5.41, 5.74) is 1.81. The average molecular weight is 372 g/mol. The third-order valence-electron chi connectivity index (χ3n) is 4.16. The Morgan fingerprint density at radius 2 is 1.96 bits per heavy atom. The van der Waals surface area contributed by atoms with Gasteiger partial charge in [-0.05, 0) is 31.0 Å². The molecule has 2 aromatic rings. The maximum atomic E-state index is 12.5. The molecule has 1 atom stereocenters. The van der Waals surface area contributed by atoms with Crippen molar-refractivity contribution in [3.8, 4) is 5.69 Å². The predicted molar refractivity (Wildman–Crippen MR) is 99.4 cm³/mol. The fourth-order valence-corrected chi connectivity index (χ4v) is 2.63. The van der Waals surface area contributed by atoms with Gasteiger partial charge in [0.15, 0.2) is 0 Å². The monoisotopic (exact) mass is 372 g/mol. The standard InChI is InChI=1S/C19H24N4O4/c1-14(19(26)27)22(11-10-20-15(2)24)18(25)9-8-16-12-21-23(13-16)17-6-4-3-5-7-17/h3-7,12-14H,8-11H2,1-2H3,(H,20,24)(H,26,27). The van der Waals surface area contributed by atoms with Crippen LogP contribution in [0.3, 0.4) is 0 Å². The minimum Gasteiger partial charge on any atom is -0.480 e. The third kappa shape index (κ3) is 5.95. The normalized spacial score (nSPS) is 11.6. The van der Waals surface area contributed by atoms with E-state index in [4.69, 9.17) is 0 Å². The molecule has 0 radical (unpaired) electrons. The first-order valence-electron chi connectivity index (χ1n) is 8.74. The van der Waals surface area contributed by atoms with Gasteiger partial charge in [0, 0.05) is 32.6 Å². The van der Waals surface area contributed by atoms with Crippen LogP contribution in [0.1, 0.15) is 25.8 Å². The van der Waals surface area contributed by atoms with Gasteiger partial charge in [-0.15, -0.1) is 0 Å². The van der Waals surface area contributed by atoms with Crippen molar-refractivity contribution in [3.63, 3.8) is 0 Å². The van der Waals surface area contributed by atoms with Gasteiger partial charge < -0.3 is 15.3 Å². The molecule has 0 fully saturated rings. The lowest BCUT2D eigenvalue weighted by Gasteiger charge is -2.26. The minimum atomic E-state index is -1.08. The number of hydrogen-bond acceptors (Lipinski definition) is 4. The molecular formula is C19H24N4O4. The summed E-state index contributed by atoms with van der Waals surface area (Å²) in [5, 5.41) is 16.1. The molecule has 0 saturated heterocycles. The van der Waals surface area contributed by atoms with Crippen LogP contribution in [-0.4, -0.2) is 56.7 Å². The van der Waals surface area contributed by atoms with E-state index in [1.165, 1.54) is 18.7 Å². The number of aromatic nitrogens is 2. The van der Waals surface area contributed by atoms with Crippen LogP contribution in [-0.2, 0) is 20.8 Å². The topological polar surface area (TPSA) is 105 Å². The molecule has 2 N–H and O–H groups in total. The molecule has 27 heavy (non-hydrogen) atoms. The van der Waals surface area contributed by atoms with Crippen molar-refractivity contribution in [3.05, 3.63) is 48.3 Å². The van der Waals surface area contributed by atoms with Crippen LogP contribution in [0.25, 0.3) is 5.69 Å². The maximum Gasteiger partial charge on any atom is 0.326 e. The molecule has 8 nitrogen and oxygen atoms in total. The van der Waals surface area contributed by atoms with Crippen LogP contribution in [0.15, 0.2) is 42.7 Å². The predicted octanol–water partition coefficient (Wildman–Crippen LogP) is 1.24. The van der Waals surface area contributed by atoms with E-state index in [-0.39, 0.29) is 31.3 Å². The molecular weight excluding hydrogens is 348 g/mol. The molecule has 0 aliphatic heterocycles. The number of nitrogens with zero attached hydrogens (tertiary/aromatic N) is 3. The Hall–Kier alpha value is -3.16. The van der Waals surface area contributed by atoms with Gasteiger partial charge in [0.05, 0.1) is 11.9 Å². The van der Waals surface area contributed by atoms with E-state index in [9.17, 15) is 19.5 Å². The van der Waals surface area contributed by atoms with Crippen molar-refractivity contribution in [1.82, 2.24) is 20.0 Å². The summed E-state index contributed by atoms with van der Waals surface area (Å²) in [4.78, 5) is 36.1. The number of benzene rings is 1. The number of nitrogens with one attached hydrogen (secondary N) is 1. The van der Waals surface area contributed by atoms with Gasteiger partial charge in [-0.1, -0.05) is 18.2 Å². The molecule has 0 spiro atoms. The number of para-hydroxylation sites is 1. The van der Waals surface area contributed by atoms with Crippen molar-refractivity contribution in [2.24, 2.45) is 0 Å². The van der Waals surface area contributed by atoms with Gasteiger partial charge in [-0.3, -0.25) is 9.59 Å². The van der Waals surface area contributed by atoms with E-state index >= 15 is 0 Å². The van der Waals surface area contributed by atoms with E-state index in [1.54, 1.807) is 10.9 Å². The first-order chi connectivity index (χ1) is 12.9. The molecule has 0 bridgehead atoms. The van der Waals surface area contributed by atoms with Crippen molar-refractivity contribution in [1.29, 1.82) is 0 Å². The lowest BCUT2D eigenvalue weighted by Crippen LogP contribution is -2.46. The van der Waals surface area contributed by atoms with Crippen molar-refractivity contribution in [2.75, 3.05) is 13.1 Å². The van der Waals surface area contributed by atoms with Gasteiger partial charge in [-0.25, -0.2) is 9.48 Å². The zero-order valence-corrected chi connectivity index (χ0v) is 15.5. The van der Waals surface area contributed by atoms with Crippen molar-refractivity contribution in [2.45, 2.75) is 32.7 Å². The molecule has 2 amide bonds. The average Bonchev–Trinajstić information content (AvgIpc) is 3.12. The summed E-state index contributed by atoms with van der Waals surface area (Å²) in [6.07, 6.45) is 4.17. The summed E-state index contributed by atoms with van der Waals surface area (Å²) >= 11 is 0. The van der Waals surface area contributed by atoms with Crippen LogP contribution >= 0.6 is 0 Å². The molecule has 0 saturated carbocycles. The lowest BCUT2D eigenvalue weighted by molar-refractivity contribution is -0.149. The zero-order chi connectivity index (χ0) is 19.8. The van der Waals surface area contributed by atoms with Crippen molar-refractivity contribution < 1.29 is 19.5 Å². The number of amides is 2. The SMILES string of the molecule is CC(=O)NCCN(C(=O)CCc1cnn(-c2ccccc2)c1)C(C)C(=O)O. The first-order valence-corrected chi connectivity index (χ1v) is 8.74. The fraction of sp³-hybridized carbons (Fsp3) is 0.368. The van der Waals surface area contributed by atoms with Crippen LogP contribution in [0.4, 0.5) is 0 Å². The number of carboxylic acids is 1. The number of aliphatic carboxylic acids is 1. The number of carbonyl (C=O) groups excluding carboxylic acids is 2. The molecule has 144 valence electrons. The maximum absolute atomic E-state index is 12.5. The smallest absolute Gasteiger partial charge is 0.326 e. The highest BCUT2D eigenvalue weighted by Gasteiger charge is 2.25. The molecule has 1 aromatic carbocycles. The second-order valence-corrected chi connectivity index (χ2v) is 6.21. The summed E-state index contributed by atoms with van der Waals surface area (Å²) in [6.45, 7) is 3.19.